The molecule has 1 fully saturated rings. The summed E-state index contributed by atoms with van der Waals surface area (Å²) in [4.78, 5) is 35.1. The van der Waals surface area contributed by atoms with Crippen LogP contribution in [0.3, 0.4) is 0 Å². The minimum absolute atomic E-state index is 0.166. The first-order chi connectivity index (χ1) is 8.07. The van der Waals surface area contributed by atoms with Gasteiger partial charge in [0.1, 0.15) is 6.04 Å². The summed E-state index contributed by atoms with van der Waals surface area (Å²) in [6, 6.07) is -1.06. The molecule has 1 aliphatic rings. The van der Waals surface area contributed by atoms with Crippen molar-refractivity contribution >= 4 is 29.5 Å². The molecule has 7 heteroatoms. The predicted molar refractivity (Wildman–Crippen MR) is 61.7 cm³/mol. The maximum Gasteiger partial charge on any atom is 0.326 e. The lowest BCUT2D eigenvalue weighted by atomic mass is 10.1. The van der Waals surface area contributed by atoms with Crippen LogP contribution in [0.25, 0.3) is 0 Å². The number of carbonyl (C=O) groups excluding carboxylic acids is 2. The molecule has 0 aromatic rings. The molecule has 0 radical (unpaired) electrons. The average molecular weight is 261 g/mol. The normalized spacial score (nSPS) is 18.3. The molecule has 1 N–H and O–H groups in total. The van der Waals surface area contributed by atoms with E-state index < -0.39 is 23.8 Å². The summed E-state index contributed by atoms with van der Waals surface area (Å²) in [5, 5.41) is 9.07. The van der Waals surface area contributed by atoms with Crippen molar-refractivity contribution in [1.29, 1.82) is 0 Å². The van der Waals surface area contributed by atoms with E-state index in [0.29, 0.717) is 13.0 Å². The van der Waals surface area contributed by atoms with E-state index >= 15 is 0 Å². The van der Waals surface area contributed by atoms with Crippen LogP contribution in [0.1, 0.15) is 12.8 Å². The van der Waals surface area contributed by atoms with Gasteiger partial charge in [-0.3, -0.25) is 14.5 Å². The molecule has 6 nitrogen and oxygen atoms in total. The van der Waals surface area contributed by atoms with Gasteiger partial charge in [-0.15, -0.1) is 11.8 Å². The van der Waals surface area contributed by atoms with Crippen molar-refractivity contribution in [2.45, 2.75) is 18.9 Å². The average Bonchev–Trinajstić information content (AvgIpc) is 2.26. The van der Waals surface area contributed by atoms with E-state index in [1.165, 1.54) is 18.9 Å². The van der Waals surface area contributed by atoms with Crippen LogP contribution in [0.15, 0.2) is 0 Å². The highest BCUT2D eigenvalue weighted by atomic mass is 32.2. The molecule has 1 aliphatic heterocycles. The number of rotatable bonds is 6. The van der Waals surface area contributed by atoms with E-state index in [1.807, 2.05) is 0 Å². The standard InChI is InChI=1S/C10H15NO5S/c1-16-4-2-3-7(10(14)15)11-8(12)5-17-6-9(11)13/h7H,2-6H2,1H3,(H,14,15). The van der Waals surface area contributed by atoms with Gasteiger partial charge >= 0.3 is 5.97 Å². The van der Waals surface area contributed by atoms with E-state index in [1.54, 1.807) is 0 Å². The third-order valence-electron chi connectivity index (χ3n) is 2.41. The minimum Gasteiger partial charge on any atom is -0.480 e. The number of hydrogen-bond donors (Lipinski definition) is 1. The number of carbonyl (C=O) groups is 3. The van der Waals surface area contributed by atoms with Crippen molar-refractivity contribution in [3.63, 3.8) is 0 Å². The molecule has 0 spiro atoms. The number of carboxylic acid groups (broad SMARTS) is 1. The topological polar surface area (TPSA) is 83.9 Å². The maximum atomic E-state index is 11.6. The zero-order valence-corrected chi connectivity index (χ0v) is 10.4. The predicted octanol–water partition coefficient (Wildman–Crippen LogP) is -0.0318. The summed E-state index contributed by atoms with van der Waals surface area (Å²) in [7, 11) is 1.52. The van der Waals surface area contributed by atoms with Gasteiger partial charge in [-0.25, -0.2) is 4.79 Å². The monoisotopic (exact) mass is 261 g/mol. The number of amides is 2. The van der Waals surface area contributed by atoms with Crippen LogP contribution in [0, 0.1) is 0 Å². The van der Waals surface area contributed by atoms with E-state index in [4.69, 9.17) is 9.84 Å². The fourth-order valence-corrected chi connectivity index (χ4v) is 2.36. The number of thioether (sulfide) groups is 1. The zero-order valence-electron chi connectivity index (χ0n) is 9.55. The van der Waals surface area contributed by atoms with Gasteiger partial charge in [-0.1, -0.05) is 0 Å². The molecule has 1 rings (SSSR count). The van der Waals surface area contributed by atoms with Crippen LogP contribution < -0.4 is 0 Å². The van der Waals surface area contributed by atoms with Crippen LogP contribution in [-0.4, -0.2) is 59.1 Å². The van der Waals surface area contributed by atoms with Gasteiger partial charge in [0.2, 0.25) is 11.8 Å². The number of aliphatic carboxylic acids is 1. The van der Waals surface area contributed by atoms with Gasteiger partial charge in [-0.2, -0.15) is 0 Å². The molecule has 1 atom stereocenters. The summed E-state index contributed by atoms with van der Waals surface area (Å²) < 4.78 is 4.83. The molecule has 2 amide bonds. The van der Waals surface area contributed by atoms with Gasteiger partial charge in [0.15, 0.2) is 0 Å². The maximum absolute atomic E-state index is 11.6. The SMILES string of the molecule is COCCCC(C(=O)O)N1C(=O)CSCC1=O. The summed E-state index contributed by atoms with van der Waals surface area (Å²) in [6.45, 7) is 0.411. The summed E-state index contributed by atoms with van der Waals surface area (Å²) >= 11 is 1.21. The number of carboxylic acids is 1. The van der Waals surface area contributed by atoms with Crippen molar-refractivity contribution in [2.24, 2.45) is 0 Å². The lowest BCUT2D eigenvalue weighted by molar-refractivity contribution is -0.156. The minimum atomic E-state index is -1.14. The first-order valence-electron chi connectivity index (χ1n) is 5.22. The fourth-order valence-electron chi connectivity index (χ4n) is 1.64. The first-order valence-corrected chi connectivity index (χ1v) is 6.37. The number of ether oxygens (including phenoxy) is 1. The van der Waals surface area contributed by atoms with Crippen LogP contribution in [-0.2, 0) is 19.1 Å². The second-order valence-corrected chi connectivity index (χ2v) is 4.62. The highest BCUT2D eigenvalue weighted by Crippen LogP contribution is 2.18. The van der Waals surface area contributed by atoms with Crippen molar-refractivity contribution in [3.05, 3.63) is 0 Å². The largest absolute Gasteiger partial charge is 0.480 e. The Balaban J connectivity index is 2.70. The summed E-state index contributed by atoms with van der Waals surface area (Å²) in [6.07, 6.45) is 0.725. The molecule has 0 saturated carbocycles. The molecule has 0 aromatic heterocycles. The van der Waals surface area contributed by atoms with Crippen molar-refractivity contribution in [1.82, 2.24) is 4.90 Å². The van der Waals surface area contributed by atoms with Crippen LogP contribution in [0.5, 0.6) is 0 Å². The molecule has 1 heterocycles. The Kier molecular flexibility index (Phi) is 5.43. The molecule has 0 bridgehead atoms. The quantitative estimate of drug-likeness (QED) is 0.534. The van der Waals surface area contributed by atoms with Crippen molar-refractivity contribution in [3.8, 4) is 0 Å². The Morgan fingerprint density at radius 2 is 2.06 bits per heavy atom. The molecule has 1 saturated heterocycles. The Labute approximate surface area is 103 Å². The molecule has 0 aliphatic carbocycles. The molecule has 96 valence electrons. The first kappa shape index (κ1) is 14.0. The van der Waals surface area contributed by atoms with Gasteiger partial charge in [0.25, 0.3) is 0 Å². The van der Waals surface area contributed by atoms with E-state index in [0.717, 1.165) is 4.90 Å². The van der Waals surface area contributed by atoms with Crippen LogP contribution >= 0.6 is 11.8 Å². The summed E-state index contributed by atoms with van der Waals surface area (Å²) in [5.74, 6) is -1.65. The number of nitrogens with zero attached hydrogens (tertiary/aromatic N) is 1. The van der Waals surface area contributed by atoms with Crippen molar-refractivity contribution < 1.29 is 24.2 Å². The Morgan fingerprint density at radius 1 is 1.47 bits per heavy atom. The smallest absolute Gasteiger partial charge is 0.326 e. The Bertz CT molecular complexity index is 304. The zero-order chi connectivity index (χ0) is 12.8. The number of imide groups is 1. The molecule has 0 aromatic carbocycles. The fraction of sp³-hybridized carbons (Fsp3) is 0.700. The number of methoxy groups -OCH3 is 1. The Hall–Kier alpha value is -1.08. The lowest BCUT2D eigenvalue weighted by Crippen LogP contribution is -2.52. The van der Waals surface area contributed by atoms with E-state index in [2.05, 4.69) is 0 Å². The van der Waals surface area contributed by atoms with Crippen molar-refractivity contribution in [2.75, 3.05) is 25.2 Å². The lowest BCUT2D eigenvalue weighted by Gasteiger charge is -2.29. The number of hydrogen-bond acceptors (Lipinski definition) is 5. The van der Waals surface area contributed by atoms with Gasteiger partial charge in [-0.05, 0) is 12.8 Å². The highest BCUT2D eigenvalue weighted by Gasteiger charge is 2.36. The Morgan fingerprint density at radius 3 is 2.53 bits per heavy atom. The summed E-state index contributed by atoms with van der Waals surface area (Å²) in [5.41, 5.74) is 0. The third-order valence-corrected chi connectivity index (χ3v) is 3.31. The van der Waals surface area contributed by atoms with Crippen LogP contribution in [0.4, 0.5) is 0 Å². The van der Waals surface area contributed by atoms with Crippen LogP contribution in [0.2, 0.25) is 0 Å². The molecule has 17 heavy (non-hydrogen) atoms. The third kappa shape index (κ3) is 3.71. The molecular weight excluding hydrogens is 246 g/mol. The van der Waals surface area contributed by atoms with Gasteiger partial charge in [0, 0.05) is 13.7 Å². The van der Waals surface area contributed by atoms with E-state index in [9.17, 15) is 14.4 Å². The van der Waals surface area contributed by atoms with Gasteiger partial charge in [0.05, 0.1) is 11.5 Å². The molecule has 1 unspecified atom stereocenters. The highest BCUT2D eigenvalue weighted by molar-refractivity contribution is 8.00. The molecular formula is C10H15NO5S. The second kappa shape index (κ2) is 6.61. The second-order valence-electron chi connectivity index (χ2n) is 3.64. The van der Waals surface area contributed by atoms with Gasteiger partial charge < -0.3 is 9.84 Å². The van der Waals surface area contributed by atoms with E-state index in [-0.39, 0.29) is 17.9 Å².